The van der Waals surface area contributed by atoms with Crippen LogP contribution in [0.1, 0.15) is 16.5 Å². The highest BCUT2D eigenvalue weighted by molar-refractivity contribution is 14.0. The molecule has 0 aliphatic carbocycles. The van der Waals surface area contributed by atoms with Gasteiger partial charge in [0.1, 0.15) is 6.10 Å². The van der Waals surface area contributed by atoms with Crippen LogP contribution in [0.15, 0.2) is 47.5 Å². The molecule has 3 aromatic rings. The topological polar surface area (TPSA) is 84.3 Å². The van der Waals surface area contributed by atoms with Gasteiger partial charge in [0.15, 0.2) is 17.5 Å². The summed E-state index contributed by atoms with van der Waals surface area (Å²) in [4.78, 5) is 5.15. The van der Waals surface area contributed by atoms with E-state index in [1.165, 1.54) is 0 Å². The summed E-state index contributed by atoms with van der Waals surface area (Å²) in [5.41, 5.74) is 0.892. The van der Waals surface area contributed by atoms with Gasteiger partial charge in [0.05, 0.1) is 21.3 Å². The van der Waals surface area contributed by atoms with Gasteiger partial charge >= 0.3 is 0 Å². The largest absolute Gasteiger partial charge is 0.493 e. The van der Waals surface area contributed by atoms with Crippen LogP contribution >= 0.6 is 35.3 Å². The lowest BCUT2D eigenvalue weighted by atomic mass is 10.1. The lowest BCUT2D eigenvalue weighted by molar-refractivity contribution is 0.184. The van der Waals surface area contributed by atoms with E-state index in [1.54, 1.807) is 39.7 Å². The van der Waals surface area contributed by atoms with Gasteiger partial charge in [-0.25, -0.2) is 0 Å². The lowest BCUT2D eigenvalue weighted by Gasteiger charge is -2.18. The van der Waals surface area contributed by atoms with Gasteiger partial charge in [0.25, 0.3) is 0 Å². The zero-order valence-electron chi connectivity index (χ0n) is 18.0. The number of rotatable bonds is 8. The molecule has 0 saturated heterocycles. The number of hydrogen-bond donors (Lipinski definition) is 3. The fourth-order valence-electron chi connectivity index (χ4n) is 3.16. The molecule has 9 heteroatoms. The SMILES string of the molecule is CN=C(NCc1ccc(OC)c(OC)c1OC)NCC(O)c1cc2ccccc2s1.I. The van der Waals surface area contributed by atoms with Crippen LogP contribution in [0.3, 0.4) is 0 Å². The summed E-state index contributed by atoms with van der Waals surface area (Å²) in [6, 6.07) is 13.9. The molecule has 1 unspecified atom stereocenters. The number of aliphatic imine (C=N–C) groups is 1. The molecule has 3 N–H and O–H groups in total. The Morgan fingerprint density at radius 1 is 1.03 bits per heavy atom. The van der Waals surface area contributed by atoms with Gasteiger partial charge in [-0.05, 0) is 29.7 Å². The Hall–Kier alpha value is -2.24. The van der Waals surface area contributed by atoms with Crippen LogP contribution in [0.2, 0.25) is 0 Å². The molecule has 2 aromatic carbocycles. The van der Waals surface area contributed by atoms with Crippen molar-refractivity contribution < 1.29 is 19.3 Å². The molecule has 1 aromatic heterocycles. The molecule has 1 atom stereocenters. The summed E-state index contributed by atoms with van der Waals surface area (Å²) < 4.78 is 17.4. The number of fused-ring (bicyclic) bond motifs is 1. The van der Waals surface area contributed by atoms with E-state index >= 15 is 0 Å². The second kappa shape index (κ2) is 12.0. The van der Waals surface area contributed by atoms with Crippen LogP contribution in [0, 0.1) is 0 Å². The van der Waals surface area contributed by atoms with Crippen LogP contribution in [0.5, 0.6) is 17.2 Å². The Labute approximate surface area is 203 Å². The fraction of sp³-hybridized carbons (Fsp3) is 0.318. The second-order valence-corrected chi connectivity index (χ2v) is 7.62. The highest BCUT2D eigenvalue weighted by atomic mass is 127. The van der Waals surface area contributed by atoms with Crippen molar-refractivity contribution in [2.45, 2.75) is 12.6 Å². The zero-order valence-corrected chi connectivity index (χ0v) is 21.1. The molecule has 0 spiro atoms. The van der Waals surface area contributed by atoms with E-state index in [2.05, 4.69) is 21.7 Å². The molecule has 0 aliphatic rings. The van der Waals surface area contributed by atoms with Crippen molar-refractivity contribution >= 4 is 51.4 Å². The molecule has 168 valence electrons. The summed E-state index contributed by atoms with van der Waals surface area (Å²) >= 11 is 1.59. The molecule has 7 nitrogen and oxygen atoms in total. The molecule has 0 bridgehead atoms. The minimum absolute atomic E-state index is 0. The summed E-state index contributed by atoms with van der Waals surface area (Å²) in [7, 11) is 6.44. The highest BCUT2D eigenvalue weighted by Crippen LogP contribution is 2.39. The van der Waals surface area contributed by atoms with Crippen molar-refractivity contribution in [1.82, 2.24) is 10.6 Å². The second-order valence-electron chi connectivity index (χ2n) is 6.50. The minimum atomic E-state index is -0.628. The molecule has 0 saturated carbocycles. The van der Waals surface area contributed by atoms with Crippen molar-refractivity contribution in [3.8, 4) is 17.2 Å². The fourth-order valence-corrected chi connectivity index (χ4v) is 4.21. The molecule has 1 heterocycles. The first-order chi connectivity index (χ1) is 14.6. The molecular formula is C22H28IN3O4S. The maximum absolute atomic E-state index is 10.6. The van der Waals surface area contributed by atoms with Crippen molar-refractivity contribution in [2.75, 3.05) is 34.9 Å². The predicted octanol–water partition coefficient (Wildman–Crippen LogP) is 3.94. The van der Waals surface area contributed by atoms with E-state index in [9.17, 15) is 5.11 Å². The van der Waals surface area contributed by atoms with Crippen molar-refractivity contribution in [3.05, 3.63) is 52.9 Å². The summed E-state index contributed by atoms with van der Waals surface area (Å²) in [5.74, 6) is 2.33. The van der Waals surface area contributed by atoms with Crippen LogP contribution in [0.4, 0.5) is 0 Å². The van der Waals surface area contributed by atoms with E-state index < -0.39 is 6.10 Å². The molecule has 31 heavy (non-hydrogen) atoms. The summed E-state index contributed by atoms with van der Waals surface area (Å²) in [6.07, 6.45) is -0.628. The molecule has 0 radical (unpaired) electrons. The lowest BCUT2D eigenvalue weighted by Crippen LogP contribution is -2.39. The Balaban J connectivity index is 0.00000341. The molecule has 0 fully saturated rings. The number of nitrogens with one attached hydrogen (secondary N) is 2. The third-order valence-corrected chi connectivity index (χ3v) is 5.91. The first-order valence-electron chi connectivity index (χ1n) is 9.50. The number of ether oxygens (including phenoxy) is 3. The summed E-state index contributed by atoms with van der Waals surface area (Å²) in [5, 5.41) is 18.1. The quantitative estimate of drug-likeness (QED) is 0.221. The maximum atomic E-state index is 10.6. The van der Waals surface area contributed by atoms with Gasteiger partial charge in [0, 0.05) is 35.3 Å². The van der Waals surface area contributed by atoms with E-state index in [4.69, 9.17) is 14.2 Å². The standard InChI is InChI=1S/C22H27N3O4S.HI/c1-23-22(24-12-15-9-10-17(27-2)21(29-4)20(15)28-3)25-13-16(26)19-11-14-7-5-6-8-18(14)30-19;/h5-11,16,26H,12-13H2,1-4H3,(H2,23,24,25);1H. The number of hydrogen-bond acceptors (Lipinski definition) is 6. The van der Waals surface area contributed by atoms with Crippen LogP contribution in [-0.4, -0.2) is 46.0 Å². The van der Waals surface area contributed by atoms with Gasteiger partial charge in [-0.1, -0.05) is 18.2 Å². The van der Waals surface area contributed by atoms with E-state index in [-0.39, 0.29) is 24.0 Å². The smallest absolute Gasteiger partial charge is 0.203 e. The predicted molar refractivity (Wildman–Crippen MR) is 136 cm³/mol. The minimum Gasteiger partial charge on any atom is -0.493 e. The number of halogens is 1. The maximum Gasteiger partial charge on any atom is 0.203 e. The molecule has 0 aliphatic heterocycles. The molecular weight excluding hydrogens is 529 g/mol. The third kappa shape index (κ3) is 5.92. The molecule has 3 rings (SSSR count). The summed E-state index contributed by atoms with van der Waals surface area (Å²) in [6.45, 7) is 0.803. The van der Waals surface area contributed by atoms with Gasteiger partial charge in [-0.3, -0.25) is 4.99 Å². The Kier molecular flexibility index (Phi) is 9.66. The van der Waals surface area contributed by atoms with Crippen LogP contribution < -0.4 is 24.8 Å². The van der Waals surface area contributed by atoms with Gasteiger partial charge < -0.3 is 30.0 Å². The van der Waals surface area contributed by atoms with Crippen molar-refractivity contribution in [2.24, 2.45) is 4.99 Å². The third-order valence-electron chi connectivity index (χ3n) is 4.69. The number of methoxy groups -OCH3 is 3. The van der Waals surface area contributed by atoms with Gasteiger partial charge in [-0.15, -0.1) is 35.3 Å². The number of nitrogens with zero attached hydrogens (tertiary/aromatic N) is 1. The normalized spacial score (nSPS) is 12.1. The zero-order chi connectivity index (χ0) is 21.5. The van der Waals surface area contributed by atoms with Gasteiger partial charge in [-0.2, -0.15) is 0 Å². The van der Waals surface area contributed by atoms with E-state index in [0.717, 1.165) is 20.5 Å². The Morgan fingerprint density at radius 2 is 1.77 bits per heavy atom. The highest BCUT2D eigenvalue weighted by Gasteiger charge is 2.16. The number of aliphatic hydroxyl groups excluding tert-OH is 1. The van der Waals surface area contributed by atoms with Gasteiger partial charge in [0.2, 0.25) is 5.75 Å². The monoisotopic (exact) mass is 557 g/mol. The number of aliphatic hydroxyl groups is 1. The van der Waals surface area contributed by atoms with Crippen molar-refractivity contribution in [1.29, 1.82) is 0 Å². The molecule has 0 amide bonds. The van der Waals surface area contributed by atoms with E-state index in [0.29, 0.717) is 36.3 Å². The number of benzene rings is 2. The Morgan fingerprint density at radius 3 is 2.42 bits per heavy atom. The van der Waals surface area contributed by atoms with Crippen molar-refractivity contribution in [3.63, 3.8) is 0 Å². The first kappa shape index (κ1) is 25.0. The average molecular weight is 557 g/mol. The van der Waals surface area contributed by atoms with Crippen LogP contribution in [0.25, 0.3) is 10.1 Å². The van der Waals surface area contributed by atoms with Crippen LogP contribution in [-0.2, 0) is 6.54 Å². The average Bonchev–Trinajstić information content (AvgIpc) is 3.22. The number of thiophene rings is 1. The Bertz CT molecular complexity index is 992. The first-order valence-corrected chi connectivity index (χ1v) is 10.3. The number of guanidine groups is 1. The van der Waals surface area contributed by atoms with E-state index in [1.807, 2.05) is 36.4 Å².